The molecule has 0 spiro atoms. The highest BCUT2D eigenvalue weighted by molar-refractivity contribution is 5.97. The first-order chi connectivity index (χ1) is 10.1. The topological polar surface area (TPSA) is 76.1 Å². The molecule has 0 aromatic heterocycles. The van der Waals surface area contributed by atoms with Crippen LogP contribution in [0, 0.1) is 5.92 Å². The van der Waals surface area contributed by atoms with Gasteiger partial charge in [0.2, 0.25) is 0 Å². The molecule has 6 nitrogen and oxygen atoms in total. The van der Waals surface area contributed by atoms with E-state index in [1.54, 1.807) is 31.3 Å². The van der Waals surface area contributed by atoms with Crippen molar-refractivity contribution in [3.05, 3.63) is 29.8 Å². The van der Waals surface area contributed by atoms with Crippen LogP contribution in [0.15, 0.2) is 24.3 Å². The molecule has 1 heterocycles. The Morgan fingerprint density at radius 3 is 2.76 bits per heavy atom. The Morgan fingerprint density at radius 2 is 2.10 bits per heavy atom. The van der Waals surface area contributed by atoms with Crippen LogP contribution in [0.5, 0.6) is 5.75 Å². The first kappa shape index (κ1) is 15.3. The number of likely N-dealkylation sites (N-methyl/N-ethyl adjacent to an activating group) is 1. The van der Waals surface area contributed by atoms with Gasteiger partial charge in [0.05, 0.1) is 31.4 Å². The van der Waals surface area contributed by atoms with Crippen LogP contribution in [0.1, 0.15) is 17.3 Å². The van der Waals surface area contributed by atoms with Crippen molar-refractivity contribution in [1.82, 2.24) is 4.90 Å². The summed E-state index contributed by atoms with van der Waals surface area (Å²) in [6.07, 6.45) is 0. The van der Waals surface area contributed by atoms with Crippen molar-refractivity contribution in [2.45, 2.75) is 13.0 Å². The zero-order valence-corrected chi connectivity index (χ0v) is 12.1. The van der Waals surface area contributed by atoms with Gasteiger partial charge in [-0.3, -0.25) is 9.59 Å². The summed E-state index contributed by atoms with van der Waals surface area (Å²) in [7, 11) is 1.60. The van der Waals surface area contributed by atoms with Crippen molar-refractivity contribution in [3.8, 4) is 5.75 Å². The molecule has 1 aliphatic rings. The average molecular weight is 293 g/mol. The number of ether oxygens (including phenoxy) is 2. The number of hydrogen-bond acceptors (Lipinski definition) is 4. The molecule has 114 valence electrons. The number of nitrogens with zero attached hydrogens (tertiary/aromatic N) is 1. The van der Waals surface area contributed by atoms with E-state index in [2.05, 4.69) is 0 Å². The van der Waals surface area contributed by atoms with Gasteiger partial charge in [0.25, 0.3) is 5.91 Å². The molecule has 2 rings (SSSR count). The second-order valence-electron chi connectivity index (χ2n) is 4.89. The van der Waals surface area contributed by atoms with E-state index < -0.39 is 17.9 Å². The Hall–Kier alpha value is -2.08. The van der Waals surface area contributed by atoms with Gasteiger partial charge in [-0.25, -0.2) is 0 Å². The van der Waals surface area contributed by atoms with Crippen molar-refractivity contribution in [1.29, 1.82) is 0 Å². The second kappa shape index (κ2) is 6.58. The van der Waals surface area contributed by atoms with E-state index in [9.17, 15) is 14.7 Å². The molecule has 1 fully saturated rings. The minimum Gasteiger partial charge on any atom is -0.493 e. The lowest BCUT2D eigenvalue weighted by molar-refractivity contribution is -0.142. The number of carboxylic acid groups (broad SMARTS) is 1. The molecular weight excluding hydrogens is 274 g/mol. The van der Waals surface area contributed by atoms with Gasteiger partial charge >= 0.3 is 5.97 Å². The van der Waals surface area contributed by atoms with Crippen molar-refractivity contribution < 1.29 is 24.2 Å². The van der Waals surface area contributed by atoms with E-state index in [1.807, 2.05) is 6.92 Å². The van der Waals surface area contributed by atoms with Crippen molar-refractivity contribution in [2.24, 2.45) is 5.92 Å². The number of para-hydroxylation sites is 1. The van der Waals surface area contributed by atoms with Crippen molar-refractivity contribution >= 4 is 11.9 Å². The smallest absolute Gasteiger partial charge is 0.311 e. The molecule has 1 aliphatic heterocycles. The Kier molecular flexibility index (Phi) is 4.80. The third-order valence-electron chi connectivity index (χ3n) is 3.60. The molecule has 0 aliphatic carbocycles. The van der Waals surface area contributed by atoms with Crippen LogP contribution in [0.4, 0.5) is 0 Å². The van der Waals surface area contributed by atoms with Crippen LogP contribution < -0.4 is 4.74 Å². The molecule has 1 amide bonds. The quantitative estimate of drug-likeness (QED) is 0.884. The number of hydrogen-bond donors (Lipinski definition) is 1. The SMILES string of the molecule is CCOc1ccccc1C(=O)N(C)C1COCC1C(=O)O. The molecule has 1 aromatic carbocycles. The zero-order valence-electron chi connectivity index (χ0n) is 12.1. The Labute approximate surface area is 123 Å². The highest BCUT2D eigenvalue weighted by Crippen LogP contribution is 2.24. The summed E-state index contributed by atoms with van der Waals surface area (Å²) in [5.41, 5.74) is 0.429. The number of amides is 1. The minimum atomic E-state index is -0.949. The molecule has 2 atom stereocenters. The van der Waals surface area contributed by atoms with Crippen LogP contribution >= 0.6 is 0 Å². The van der Waals surface area contributed by atoms with Crippen molar-refractivity contribution in [3.63, 3.8) is 0 Å². The monoisotopic (exact) mass is 293 g/mol. The van der Waals surface area contributed by atoms with Gasteiger partial charge in [0.1, 0.15) is 11.7 Å². The highest BCUT2D eigenvalue weighted by atomic mass is 16.5. The summed E-state index contributed by atoms with van der Waals surface area (Å²) < 4.78 is 10.7. The van der Waals surface area contributed by atoms with E-state index in [-0.39, 0.29) is 19.1 Å². The molecule has 0 radical (unpaired) electrons. The van der Waals surface area contributed by atoms with Crippen molar-refractivity contribution in [2.75, 3.05) is 26.9 Å². The lowest BCUT2D eigenvalue weighted by atomic mass is 10.0. The maximum absolute atomic E-state index is 12.6. The predicted molar refractivity (Wildman–Crippen MR) is 75.4 cm³/mol. The number of carboxylic acids is 1. The van der Waals surface area contributed by atoms with E-state index in [4.69, 9.17) is 9.47 Å². The largest absolute Gasteiger partial charge is 0.493 e. The molecule has 21 heavy (non-hydrogen) atoms. The van der Waals surface area contributed by atoms with E-state index in [0.29, 0.717) is 17.9 Å². The van der Waals surface area contributed by atoms with Crippen LogP contribution in [-0.2, 0) is 9.53 Å². The van der Waals surface area contributed by atoms with Gasteiger partial charge in [0.15, 0.2) is 0 Å². The van der Waals surface area contributed by atoms with Crippen LogP contribution in [0.3, 0.4) is 0 Å². The van der Waals surface area contributed by atoms with Gasteiger partial charge in [-0.15, -0.1) is 0 Å². The minimum absolute atomic E-state index is 0.130. The molecule has 1 saturated heterocycles. The van der Waals surface area contributed by atoms with Gasteiger partial charge < -0.3 is 19.5 Å². The van der Waals surface area contributed by atoms with Crippen LogP contribution in [0.25, 0.3) is 0 Å². The summed E-state index contributed by atoms with van der Waals surface area (Å²) in [6.45, 7) is 2.66. The fraction of sp³-hybridized carbons (Fsp3) is 0.467. The van der Waals surface area contributed by atoms with E-state index >= 15 is 0 Å². The maximum Gasteiger partial charge on any atom is 0.311 e. The first-order valence-corrected chi connectivity index (χ1v) is 6.85. The maximum atomic E-state index is 12.6. The van der Waals surface area contributed by atoms with Gasteiger partial charge in [-0.2, -0.15) is 0 Å². The van der Waals surface area contributed by atoms with Crippen LogP contribution in [0.2, 0.25) is 0 Å². The standard InChI is InChI=1S/C15H19NO5/c1-3-21-13-7-5-4-6-10(13)14(17)16(2)12-9-20-8-11(12)15(18)19/h4-7,11-12H,3,8-9H2,1-2H3,(H,18,19). The average Bonchev–Trinajstić information content (AvgIpc) is 2.96. The van der Waals surface area contributed by atoms with Gasteiger partial charge in [-0.05, 0) is 19.1 Å². The second-order valence-corrected chi connectivity index (χ2v) is 4.89. The summed E-state index contributed by atoms with van der Waals surface area (Å²) in [4.78, 5) is 25.2. The fourth-order valence-corrected chi connectivity index (χ4v) is 2.43. The molecule has 1 aromatic rings. The Balaban J connectivity index is 2.21. The van der Waals surface area contributed by atoms with Gasteiger partial charge in [-0.1, -0.05) is 12.1 Å². The Bertz CT molecular complexity index is 531. The molecule has 1 N–H and O–H groups in total. The molecule has 0 saturated carbocycles. The number of rotatable bonds is 5. The lowest BCUT2D eigenvalue weighted by Crippen LogP contribution is -2.44. The number of carbonyl (C=O) groups excluding carboxylic acids is 1. The highest BCUT2D eigenvalue weighted by Gasteiger charge is 2.39. The van der Waals surface area contributed by atoms with E-state index in [0.717, 1.165) is 0 Å². The van der Waals surface area contributed by atoms with Gasteiger partial charge in [0, 0.05) is 7.05 Å². The lowest BCUT2D eigenvalue weighted by Gasteiger charge is -2.27. The normalized spacial score (nSPS) is 21.0. The summed E-state index contributed by atoms with van der Waals surface area (Å²) in [6, 6.07) is 6.48. The third-order valence-corrected chi connectivity index (χ3v) is 3.60. The summed E-state index contributed by atoms with van der Waals surface area (Å²) in [5, 5.41) is 9.18. The first-order valence-electron chi connectivity index (χ1n) is 6.85. The van der Waals surface area contributed by atoms with E-state index in [1.165, 1.54) is 4.90 Å². The fourth-order valence-electron chi connectivity index (χ4n) is 2.43. The number of carbonyl (C=O) groups is 2. The van der Waals surface area contributed by atoms with Crippen LogP contribution in [-0.4, -0.2) is 54.8 Å². The number of benzene rings is 1. The Morgan fingerprint density at radius 1 is 1.38 bits per heavy atom. The predicted octanol–water partition coefficient (Wildman–Crippen LogP) is 1.26. The molecule has 0 bridgehead atoms. The summed E-state index contributed by atoms with van der Waals surface area (Å²) >= 11 is 0. The summed E-state index contributed by atoms with van der Waals surface area (Å²) in [5.74, 6) is -1.41. The number of aliphatic carboxylic acids is 1. The zero-order chi connectivity index (χ0) is 15.4. The third kappa shape index (κ3) is 3.16. The molecule has 6 heteroatoms. The molecule has 2 unspecified atom stereocenters. The molecular formula is C15H19NO5.